The molecule has 2 aromatic carbocycles. The van der Waals surface area contributed by atoms with Gasteiger partial charge in [-0.25, -0.2) is 0 Å². The number of nitrogens with one attached hydrogen (secondary N) is 1. The number of esters is 1. The fraction of sp³-hybridized carbons (Fsp3) is 0.300. The van der Waals surface area contributed by atoms with Gasteiger partial charge in [0.1, 0.15) is 0 Å². The van der Waals surface area contributed by atoms with Crippen molar-refractivity contribution in [1.29, 1.82) is 0 Å². The smallest absolute Gasteiger partial charge is 0.317 e. The Balaban J connectivity index is 1.46. The van der Waals surface area contributed by atoms with Crippen LogP contribution >= 0.6 is 11.8 Å². The van der Waals surface area contributed by atoms with Crippen molar-refractivity contribution in [2.75, 3.05) is 11.1 Å². The van der Waals surface area contributed by atoms with Crippen molar-refractivity contribution in [3.8, 4) is 0 Å². The van der Waals surface area contributed by atoms with Gasteiger partial charge in [0.2, 0.25) is 0 Å². The minimum absolute atomic E-state index is 0.00821. The fourth-order valence-electron chi connectivity index (χ4n) is 2.98. The maximum Gasteiger partial charge on any atom is 0.317 e. The number of nitrogens with zero attached hydrogens (tertiary/aromatic N) is 1. The molecule has 0 spiro atoms. The number of non-ortho nitro benzene ring substituents is 1. The van der Waals surface area contributed by atoms with E-state index in [0.717, 1.165) is 19.3 Å². The first kappa shape index (κ1) is 19.9. The topological polar surface area (TPSA) is 98.5 Å². The molecule has 7 nitrogen and oxygen atoms in total. The summed E-state index contributed by atoms with van der Waals surface area (Å²) in [7, 11) is 0. The molecule has 1 aliphatic rings. The molecule has 8 heteroatoms. The molecule has 1 aliphatic carbocycles. The predicted octanol–water partition coefficient (Wildman–Crippen LogP) is 3.75. The summed E-state index contributed by atoms with van der Waals surface area (Å²) >= 11 is 1.19. The predicted molar refractivity (Wildman–Crippen MR) is 106 cm³/mol. The Kier molecular flexibility index (Phi) is 6.30. The average Bonchev–Trinajstić information content (AvgIpc) is 3.14. The molecule has 0 aromatic heterocycles. The normalized spacial score (nSPS) is 13.5. The number of aryl methyl sites for hydroxylation is 2. The molecule has 1 N–H and O–H groups in total. The van der Waals surface area contributed by atoms with Crippen molar-refractivity contribution in [3.63, 3.8) is 0 Å². The molecule has 0 saturated carbocycles. The Hall–Kier alpha value is -2.87. The summed E-state index contributed by atoms with van der Waals surface area (Å²) in [5, 5.41) is 13.4. The highest BCUT2D eigenvalue weighted by molar-refractivity contribution is 8.00. The van der Waals surface area contributed by atoms with E-state index in [1.165, 1.54) is 41.9 Å². The number of hydrogen-bond donors (Lipinski definition) is 1. The molecule has 2 aromatic rings. The van der Waals surface area contributed by atoms with Gasteiger partial charge in [-0.15, -0.1) is 11.8 Å². The summed E-state index contributed by atoms with van der Waals surface area (Å²) in [4.78, 5) is 35.1. The van der Waals surface area contributed by atoms with Gasteiger partial charge in [-0.3, -0.25) is 19.7 Å². The van der Waals surface area contributed by atoms with Crippen molar-refractivity contribution < 1.29 is 19.2 Å². The van der Waals surface area contributed by atoms with Crippen molar-refractivity contribution in [2.45, 2.75) is 37.2 Å². The summed E-state index contributed by atoms with van der Waals surface area (Å²) in [6.45, 7) is 1.52. The van der Waals surface area contributed by atoms with Crippen LogP contribution in [0.4, 0.5) is 11.4 Å². The zero-order chi connectivity index (χ0) is 20.1. The van der Waals surface area contributed by atoms with Gasteiger partial charge in [0.15, 0.2) is 6.10 Å². The number of nitro benzene ring substituents is 1. The highest BCUT2D eigenvalue weighted by atomic mass is 32.2. The lowest BCUT2D eigenvalue weighted by Crippen LogP contribution is -2.30. The molecule has 0 saturated heterocycles. The number of hydrogen-bond acceptors (Lipinski definition) is 6. The number of thioether (sulfide) groups is 1. The fourth-order valence-corrected chi connectivity index (χ4v) is 3.67. The molecule has 0 aliphatic heterocycles. The summed E-state index contributed by atoms with van der Waals surface area (Å²) in [5.74, 6) is -0.902. The molecule has 0 fully saturated rings. The first-order valence-corrected chi connectivity index (χ1v) is 9.90. The molecule has 0 heterocycles. The number of ether oxygens (including phenoxy) is 1. The van der Waals surface area contributed by atoms with Gasteiger partial charge in [-0.2, -0.15) is 0 Å². The van der Waals surface area contributed by atoms with E-state index in [1.54, 1.807) is 12.1 Å². The van der Waals surface area contributed by atoms with Crippen molar-refractivity contribution in [1.82, 2.24) is 0 Å². The van der Waals surface area contributed by atoms with Crippen LogP contribution in [0.25, 0.3) is 0 Å². The lowest BCUT2D eigenvalue weighted by Gasteiger charge is -2.14. The number of rotatable bonds is 7. The lowest BCUT2D eigenvalue weighted by atomic mass is 10.1. The van der Waals surface area contributed by atoms with E-state index < -0.39 is 17.0 Å². The van der Waals surface area contributed by atoms with Crippen LogP contribution in [-0.2, 0) is 27.2 Å². The van der Waals surface area contributed by atoms with E-state index in [-0.39, 0.29) is 17.3 Å². The average molecular weight is 400 g/mol. The van der Waals surface area contributed by atoms with Crippen LogP contribution in [0.15, 0.2) is 47.4 Å². The number of amides is 1. The van der Waals surface area contributed by atoms with Gasteiger partial charge in [0.25, 0.3) is 11.6 Å². The van der Waals surface area contributed by atoms with Gasteiger partial charge in [0.05, 0.1) is 10.7 Å². The molecule has 1 atom stereocenters. The van der Waals surface area contributed by atoms with Crippen molar-refractivity contribution >= 4 is 35.0 Å². The second-order valence-electron chi connectivity index (χ2n) is 6.50. The van der Waals surface area contributed by atoms with Gasteiger partial charge in [-0.05, 0) is 61.6 Å². The van der Waals surface area contributed by atoms with Crippen LogP contribution in [-0.4, -0.2) is 28.7 Å². The zero-order valence-corrected chi connectivity index (χ0v) is 16.2. The first-order valence-electron chi connectivity index (χ1n) is 8.92. The molecule has 0 bridgehead atoms. The van der Waals surface area contributed by atoms with Crippen LogP contribution in [0, 0.1) is 10.1 Å². The number of fused-ring (bicyclic) bond motifs is 1. The summed E-state index contributed by atoms with van der Waals surface area (Å²) in [6, 6.07) is 11.7. The maximum atomic E-state index is 12.3. The third-order valence-electron chi connectivity index (χ3n) is 4.45. The van der Waals surface area contributed by atoms with E-state index in [4.69, 9.17) is 4.74 Å². The molecular weight excluding hydrogens is 380 g/mol. The summed E-state index contributed by atoms with van der Waals surface area (Å²) in [5.41, 5.74) is 3.26. The molecule has 28 heavy (non-hydrogen) atoms. The van der Waals surface area contributed by atoms with Crippen molar-refractivity contribution in [3.05, 3.63) is 63.7 Å². The Labute approximate surface area is 166 Å². The monoisotopic (exact) mass is 400 g/mol. The molecule has 146 valence electrons. The Morgan fingerprint density at radius 1 is 1.18 bits per heavy atom. The first-order chi connectivity index (χ1) is 13.4. The van der Waals surface area contributed by atoms with Crippen LogP contribution in [0.1, 0.15) is 24.5 Å². The number of benzene rings is 2. The Morgan fingerprint density at radius 2 is 1.89 bits per heavy atom. The Morgan fingerprint density at radius 3 is 2.61 bits per heavy atom. The van der Waals surface area contributed by atoms with E-state index >= 15 is 0 Å². The van der Waals surface area contributed by atoms with Gasteiger partial charge < -0.3 is 10.1 Å². The van der Waals surface area contributed by atoms with Crippen LogP contribution in [0.2, 0.25) is 0 Å². The van der Waals surface area contributed by atoms with Gasteiger partial charge >= 0.3 is 5.97 Å². The van der Waals surface area contributed by atoms with E-state index in [2.05, 4.69) is 5.32 Å². The number of carbonyl (C=O) groups excluding carboxylic acids is 2. The standard InChI is InChI=1S/C20H20N2O5S/c1-13(20(24)21-16-6-5-14-3-2-4-15(14)11-16)27-19(23)12-28-18-9-7-17(8-10-18)22(25)26/h5-11,13H,2-4,12H2,1H3,(H,21,24)/t13-/m0/s1. The quantitative estimate of drug-likeness (QED) is 0.329. The molecular formula is C20H20N2O5S. The van der Waals surface area contributed by atoms with Gasteiger partial charge in [0, 0.05) is 22.7 Å². The van der Waals surface area contributed by atoms with E-state index in [0.29, 0.717) is 10.6 Å². The lowest BCUT2D eigenvalue weighted by molar-refractivity contribution is -0.384. The van der Waals surface area contributed by atoms with Gasteiger partial charge in [-0.1, -0.05) is 6.07 Å². The zero-order valence-electron chi connectivity index (χ0n) is 15.3. The maximum absolute atomic E-state index is 12.3. The van der Waals surface area contributed by atoms with Crippen LogP contribution < -0.4 is 5.32 Å². The molecule has 1 amide bonds. The number of nitro groups is 1. The molecule has 0 radical (unpaired) electrons. The number of anilines is 1. The SMILES string of the molecule is C[C@H](OC(=O)CSc1ccc([N+](=O)[O-])cc1)C(=O)Nc1ccc2c(c1)CCC2. The third-order valence-corrected chi connectivity index (χ3v) is 5.43. The summed E-state index contributed by atoms with van der Waals surface area (Å²) in [6.07, 6.45) is 2.30. The third kappa shape index (κ3) is 5.10. The van der Waals surface area contributed by atoms with E-state index in [9.17, 15) is 19.7 Å². The minimum atomic E-state index is -0.918. The highest BCUT2D eigenvalue weighted by Crippen LogP contribution is 2.25. The van der Waals surface area contributed by atoms with Crippen molar-refractivity contribution in [2.24, 2.45) is 0 Å². The van der Waals surface area contributed by atoms with E-state index in [1.807, 2.05) is 18.2 Å². The Bertz CT molecular complexity index is 898. The second kappa shape index (κ2) is 8.88. The molecule has 3 rings (SSSR count). The second-order valence-corrected chi connectivity index (χ2v) is 7.55. The number of carbonyl (C=O) groups is 2. The summed E-state index contributed by atoms with van der Waals surface area (Å²) < 4.78 is 5.18. The van der Waals surface area contributed by atoms with Crippen LogP contribution in [0.5, 0.6) is 0 Å². The molecule has 0 unspecified atom stereocenters. The highest BCUT2D eigenvalue weighted by Gasteiger charge is 2.19. The van der Waals surface area contributed by atoms with Crippen LogP contribution in [0.3, 0.4) is 0 Å². The minimum Gasteiger partial charge on any atom is -0.452 e. The largest absolute Gasteiger partial charge is 0.452 e.